The Hall–Kier alpha value is -2.65. The fourth-order valence-electron chi connectivity index (χ4n) is 2.91. The number of carbonyl (C=O) groups is 2. The summed E-state index contributed by atoms with van der Waals surface area (Å²) in [6, 6.07) is 7.43. The second-order valence-corrected chi connectivity index (χ2v) is 7.25. The summed E-state index contributed by atoms with van der Waals surface area (Å²) in [5.74, 6) is 0.362. The molecule has 0 aliphatic carbocycles. The molecule has 3 rings (SSSR count). The van der Waals surface area contributed by atoms with E-state index in [9.17, 15) is 9.59 Å². The molecule has 1 saturated heterocycles. The van der Waals surface area contributed by atoms with Gasteiger partial charge >= 0.3 is 0 Å². The number of aromatic nitrogens is 1. The van der Waals surface area contributed by atoms with Gasteiger partial charge in [0.2, 0.25) is 5.91 Å². The summed E-state index contributed by atoms with van der Waals surface area (Å²) in [7, 11) is 1.62. The minimum Gasteiger partial charge on any atom is -0.497 e. The average Bonchev–Trinajstić information content (AvgIpc) is 3.21. The predicted molar refractivity (Wildman–Crippen MR) is 109 cm³/mol. The van der Waals surface area contributed by atoms with Crippen LogP contribution in [0.15, 0.2) is 29.6 Å². The molecule has 2 aromatic rings. The van der Waals surface area contributed by atoms with E-state index in [-0.39, 0.29) is 18.4 Å². The molecular weight excluding hydrogens is 378 g/mol. The zero-order valence-electron chi connectivity index (χ0n) is 16.1. The Balaban J connectivity index is 1.47. The third-order valence-electron chi connectivity index (χ3n) is 4.65. The van der Waals surface area contributed by atoms with Gasteiger partial charge in [-0.25, -0.2) is 4.98 Å². The highest BCUT2D eigenvalue weighted by Crippen LogP contribution is 2.22. The SMILES string of the molecule is CCN1CCN(C(=O)CNC(=O)c2csc(Nc3ccc(OC)cc3)n2)CC1. The smallest absolute Gasteiger partial charge is 0.271 e. The highest BCUT2D eigenvalue weighted by Gasteiger charge is 2.21. The lowest BCUT2D eigenvalue weighted by molar-refractivity contribution is -0.131. The van der Waals surface area contributed by atoms with Crippen LogP contribution in [-0.4, -0.2) is 73.0 Å². The maximum absolute atomic E-state index is 12.3. The Morgan fingerprint density at radius 2 is 1.89 bits per heavy atom. The van der Waals surface area contributed by atoms with E-state index >= 15 is 0 Å². The Morgan fingerprint density at radius 3 is 2.54 bits per heavy atom. The Labute approximate surface area is 168 Å². The minimum atomic E-state index is -0.348. The first-order chi connectivity index (χ1) is 13.6. The maximum Gasteiger partial charge on any atom is 0.271 e. The van der Waals surface area contributed by atoms with Crippen molar-refractivity contribution in [2.75, 3.05) is 51.7 Å². The monoisotopic (exact) mass is 403 g/mol. The van der Waals surface area contributed by atoms with Gasteiger partial charge in [0.25, 0.3) is 5.91 Å². The summed E-state index contributed by atoms with van der Waals surface area (Å²) >= 11 is 1.33. The van der Waals surface area contributed by atoms with Crippen molar-refractivity contribution in [3.63, 3.8) is 0 Å². The molecule has 0 bridgehead atoms. The molecular formula is C19H25N5O3S. The number of piperazine rings is 1. The van der Waals surface area contributed by atoms with Crippen LogP contribution in [0.1, 0.15) is 17.4 Å². The van der Waals surface area contributed by atoms with Gasteiger partial charge in [0.05, 0.1) is 13.7 Å². The zero-order chi connectivity index (χ0) is 19.9. The number of nitrogens with zero attached hydrogens (tertiary/aromatic N) is 3. The van der Waals surface area contributed by atoms with E-state index in [4.69, 9.17) is 4.74 Å². The van der Waals surface area contributed by atoms with Crippen LogP contribution < -0.4 is 15.4 Å². The molecule has 2 heterocycles. The number of nitrogens with one attached hydrogen (secondary N) is 2. The van der Waals surface area contributed by atoms with E-state index in [0.717, 1.165) is 31.1 Å². The number of carbonyl (C=O) groups excluding carboxylic acids is 2. The second kappa shape index (κ2) is 9.52. The number of methoxy groups -OCH3 is 1. The molecule has 0 spiro atoms. The van der Waals surface area contributed by atoms with Crippen LogP contribution in [0.2, 0.25) is 0 Å². The number of anilines is 2. The van der Waals surface area contributed by atoms with Crippen molar-refractivity contribution in [3.8, 4) is 5.75 Å². The molecule has 0 atom stereocenters. The molecule has 9 heteroatoms. The number of hydrogen-bond donors (Lipinski definition) is 2. The molecule has 1 aromatic heterocycles. The first-order valence-corrected chi connectivity index (χ1v) is 10.1. The molecule has 1 fully saturated rings. The van der Waals surface area contributed by atoms with Crippen LogP contribution in [0.25, 0.3) is 0 Å². The topological polar surface area (TPSA) is 86.8 Å². The van der Waals surface area contributed by atoms with E-state index in [1.807, 2.05) is 24.3 Å². The van der Waals surface area contributed by atoms with Gasteiger partial charge in [-0.05, 0) is 30.8 Å². The van der Waals surface area contributed by atoms with Gasteiger partial charge in [-0.3, -0.25) is 9.59 Å². The van der Waals surface area contributed by atoms with Crippen molar-refractivity contribution in [2.24, 2.45) is 0 Å². The van der Waals surface area contributed by atoms with Crippen molar-refractivity contribution in [3.05, 3.63) is 35.3 Å². The van der Waals surface area contributed by atoms with Crippen molar-refractivity contribution < 1.29 is 14.3 Å². The summed E-state index contributed by atoms with van der Waals surface area (Å²) in [5, 5.41) is 8.10. The maximum atomic E-state index is 12.3. The van der Waals surface area contributed by atoms with Gasteiger partial charge in [0.1, 0.15) is 11.4 Å². The predicted octanol–water partition coefficient (Wildman–Crippen LogP) is 1.79. The molecule has 0 unspecified atom stereocenters. The molecule has 0 saturated carbocycles. The van der Waals surface area contributed by atoms with Crippen LogP contribution in [0.5, 0.6) is 5.75 Å². The van der Waals surface area contributed by atoms with E-state index < -0.39 is 0 Å². The fourth-order valence-corrected chi connectivity index (χ4v) is 3.62. The molecule has 2 N–H and O–H groups in total. The lowest BCUT2D eigenvalue weighted by atomic mass is 10.3. The summed E-state index contributed by atoms with van der Waals surface area (Å²) in [4.78, 5) is 33.0. The van der Waals surface area contributed by atoms with Crippen molar-refractivity contribution in [1.82, 2.24) is 20.1 Å². The third kappa shape index (κ3) is 5.20. The quantitative estimate of drug-likeness (QED) is 0.733. The van der Waals surface area contributed by atoms with Crippen molar-refractivity contribution >= 4 is 34.0 Å². The number of likely N-dealkylation sites (N-methyl/N-ethyl adjacent to an activating group) is 1. The number of thiazole rings is 1. The normalized spacial score (nSPS) is 14.6. The lowest BCUT2D eigenvalue weighted by Gasteiger charge is -2.34. The highest BCUT2D eigenvalue weighted by atomic mass is 32.1. The number of amides is 2. The van der Waals surface area contributed by atoms with Gasteiger partial charge in [0.15, 0.2) is 5.13 Å². The molecule has 0 radical (unpaired) electrons. The lowest BCUT2D eigenvalue weighted by Crippen LogP contribution is -2.51. The molecule has 2 amide bonds. The summed E-state index contributed by atoms with van der Waals surface area (Å²) < 4.78 is 5.13. The second-order valence-electron chi connectivity index (χ2n) is 6.39. The highest BCUT2D eigenvalue weighted by molar-refractivity contribution is 7.14. The number of ether oxygens (including phenoxy) is 1. The zero-order valence-corrected chi connectivity index (χ0v) is 16.9. The summed E-state index contributed by atoms with van der Waals surface area (Å²) in [5.41, 5.74) is 1.15. The number of rotatable bonds is 7. The Morgan fingerprint density at radius 1 is 1.18 bits per heavy atom. The van der Waals surface area contributed by atoms with Crippen LogP contribution in [0.3, 0.4) is 0 Å². The first-order valence-electron chi connectivity index (χ1n) is 9.24. The van der Waals surface area contributed by atoms with Gasteiger partial charge < -0.3 is 25.2 Å². The van der Waals surface area contributed by atoms with E-state index in [0.29, 0.717) is 23.9 Å². The number of hydrogen-bond acceptors (Lipinski definition) is 7. The Kier molecular flexibility index (Phi) is 6.83. The van der Waals surface area contributed by atoms with Gasteiger partial charge in [-0.2, -0.15) is 0 Å². The number of benzene rings is 1. The van der Waals surface area contributed by atoms with Crippen LogP contribution in [0, 0.1) is 0 Å². The van der Waals surface area contributed by atoms with Crippen molar-refractivity contribution in [1.29, 1.82) is 0 Å². The summed E-state index contributed by atoms with van der Waals surface area (Å²) in [6.45, 7) is 6.26. The largest absolute Gasteiger partial charge is 0.497 e. The van der Waals surface area contributed by atoms with Gasteiger partial charge in [-0.1, -0.05) is 6.92 Å². The van der Waals surface area contributed by atoms with Crippen LogP contribution in [-0.2, 0) is 4.79 Å². The Bertz CT molecular complexity index is 800. The first kappa shape index (κ1) is 20.1. The molecule has 28 heavy (non-hydrogen) atoms. The van der Waals surface area contributed by atoms with Crippen molar-refractivity contribution in [2.45, 2.75) is 6.92 Å². The van der Waals surface area contributed by atoms with Gasteiger partial charge in [-0.15, -0.1) is 11.3 Å². The van der Waals surface area contributed by atoms with E-state index in [1.165, 1.54) is 11.3 Å². The standard InChI is InChI=1S/C19H25N5O3S/c1-3-23-8-10-24(11-9-23)17(25)12-20-18(26)16-13-28-19(22-16)21-14-4-6-15(27-2)7-5-14/h4-7,13H,3,8-12H2,1-2H3,(H,20,26)(H,21,22). The molecule has 1 aliphatic heterocycles. The molecule has 1 aliphatic rings. The van der Waals surface area contributed by atoms with Crippen LogP contribution in [0.4, 0.5) is 10.8 Å². The average molecular weight is 404 g/mol. The minimum absolute atomic E-state index is 0.0102. The molecule has 1 aromatic carbocycles. The third-order valence-corrected chi connectivity index (χ3v) is 5.41. The van der Waals surface area contributed by atoms with Gasteiger partial charge in [0, 0.05) is 37.2 Å². The van der Waals surface area contributed by atoms with E-state index in [2.05, 4.69) is 27.4 Å². The fraction of sp³-hybridized carbons (Fsp3) is 0.421. The van der Waals surface area contributed by atoms with E-state index in [1.54, 1.807) is 17.4 Å². The molecule has 8 nitrogen and oxygen atoms in total. The molecule has 150 valence electrons. The summed E-state index contributed by atoms with van der Waals surface area (Å²) in [6.07, 6.45) is 0. The van der Waals surface area contributed by atoms with Crippen LogP contribution >= 0.6 is 11.3 Å².